The van der Waals surface area contributed by atoms with Crippen LogP contribution >= 0.6 is 0 Å². The van der Waals surface area contributed by atoms with Crippen molar-refractivity contribution >= 4 is 0 Å². The Hall–Kier alpha value is -2.12. The third kappa shape index (κ3) is 2.89. The van der Waals surface area contributed by atoms with Gasteiger partial charge < -0.3 is 10.3 Å². The smallest absolute Gasteiger partial charge is 0.0994 e. The molecule has 0 bridgehead atoms. The summed E-state index contributed by atoms with van der Waals surface area (Å²) in [5, 5.41) is 9.05. The number of aryl methyl sites for hydroxylation is 1. The molecule has 0 saturated carbocycles. The Morgan fingerprint density at radius 1 is 1.40 bits per heavy atom. The maximum Gasteiger partial charge on any atom is 0.0994 e. The van der Waals surface area contributed by atoms with Crippen molar-refractivity contribution in [3.8, 4) is 11.8 Å². The summed E-state index contributed by atoms with van der Waals surface area (Å²) in [5.74, 6) is 0.528. The van der Waals surface area contributed by atoms with Crippen molar-refractivity contribution in [1.82, 2.24) is 9.55 Å². The first-order chi connectivity index (χ1) is 9.52. The Morgan fingerprint density at radius 3 is 2.80 bits per heavy atom. The van der Waals surface area contributed by atoms with Gasteiger partial charge in [-0.25, -0.2) is 4.98 Å². The zero-order valence-corrected chi connectivity index (χ0v) is 12.2. The predicted molar refractivity (Wildman–Crippen MR) is 79.4 cm³/mol. The van der Waals surface area contributed by atoms with Crippen LogP contribution < -0.4 is 5.73 Å². The van der Waals surface area contributed by atoms with Gasteiger partial charge in [-0.2, -0.15) is 5.26 Å². The van der Waals surface area contributed by atoms with Gasteiger partial charge in [-0.05, 0) is 37.0 Å². The Bertz CT molecular complexity index is 634. The van der Waals surface area contributed by atoms with Crippen molar-refractivity contribution in [1.29, 1.82) is 5.26 Å². The zero-order valence-electron chi connectivity index (χ0n) is 12.2. The number of nitrogens with two attached hydrogens (primary N) is 1. The van der Waals surface area contributed by atoms with Crippen molar-refractivity contribution in [2.24, 2.45) is 11.7 Å². The van der Waals surface area contributed by atoms with E-state index < -0.39 is 0 Å². The Balaban J connectivity index is 2.45. The lowest BCUT2D eigenvalue weighted by atomic mass is 10.0. The molecular formula is C16H20N4. The highest BCUT2D eigenvalue weighted by atomic mass is 15.1. The normalized spacial score (nSPS) is 12.4. The topological polar surface area (TPSA) is 67.6 Å². The second kappa shape index (κ2) is 5.89. The number of hydrogen-bond acceptors (Lipinski definition) is 3. The van der Waals surface area contributed by atoms with Crippen LogP contribution in [0.2, 0.25) is 0 Å². The summed E-state index contributed by atoms with van der Waals surface area (Å²) >= 11 is 0. The second-order valence-corrected chi connectivity index (χ2v) is 5.54. The summed E-state index contributed by atoms with van der Waals surface area (Å²) in [6, 6.07) is 7.77. The lowest BCUT2D eigenvalue weighted by Crippen LogP contribution is -2.17. The average Bonchev–Trinajstić information content (AvgIpc) is 2.87. The average molecular weight is 268 g/mol. The van der Waals surface area contributed by atoms with Crippen molar-refractivity contribution in [2.45, 2.75) is 33.2 Å². The molecule has 0 aliphatic heterocycles. The molecule has 4 nitrogen and oxygen atoms in total. The van der Waals surface area contributed by atoms with Crippen LogP contribution in [0.3, 0.4) is 0 Å². The number of benzene rings is 1. The third-order valence-corrected chi connectivity index (χ3v) is 3.37. The molecule has 0 aliphatic rings. The van der Waals surface area contributed by atoms with E-state index in [0.29, 0.717) is 11.5 Å². The van der Waals surface area contributed by atoms with Gasteiger partial charge in [-0.15, -0.1) is 0 Å². The predicted octanol–water partition coefficient (Wildman–Crippen LogP) is 3.10. The van der Waals surface area contributed by atoms with Crippen molar-refractivity contribution in [2.75, 3.05) is 0 Å². The largest absolute Gasteiger partial charge is 0.323 e. The lowest BCUT2D eigenvalue weighted by molar-refractivity contribution is 0.498. The van der Waals surface area contributed by atoms with Gasteiger partial charge in [-0.1, -0.05) is 19.9 Å². The van der Waals surface area contributed by atoms with Gasteiger partial charge in [0.2, 0.25) is 0 Å². The first-order valence-corrected chi connectivity index (χ1v) is 6.82. The fourth-order valence-electron chi connectivity index (χ4n) is 2.35. The molecule has 1 atom stereocenters. The highest BCUT2D eigenvalue weighted by molar-refractivity contribution is 5.48. The van der Waals surface area contributed by atoms with Gasteiger partial charge in [0.1, 0.15) is 0 Å². The molecule has 1 unspecified atom stereocenters. The van der Waals surface area contributed by atoms with Crippen LogP contribution in [-0.4, -0.2) is 9.55 Å². The summed E-state index contributed by atoms with van der Waals surface area (Å²) < 4.78 is 1.99. The first kappa shape index (κ1) is 14.3. The Morgan fingerprint density at radius 2 is 2.15 bits per heavy atom. The summed E-state index contributed by atoms with van der Waals surface area (Å²) in [5.41, 5.74) is 9.96. The Labute approximate surface area is 119 Å². The first-order valence-electron chi connectivity index (χ1n) is 6.82. The minimum atomic E-state index is -0.0531. The molecule has 2 aromatic rings. The van der Waals surface area contributed by atoms with Crippen LogP contribution in [0.4, 0.5) is 0 Å². The molecule has 104 valence electrons. The minimum Gasteiger partial charge on any atom is -0.323 e. The third-order valence-electron chi connectivity index (χ3n) is 3.37. The van der Waals surface area contributed by atoms with E-state index in [-0.39, 0.29) is 6.04 Å². The van der Waals surface area contributed by atoms with Crippen LogP contribution in [0.15, 0.2) is 30.7 Å². The molecule has 0 saturated heterocycles. The number of aromatic nitrogens is 2. The number of rotatable bonds is 4. The number of nitrogens with zero attached hydrogens (tertiary/aromatic N) is 3. The molecule has 1 aromatic carbocycles. The minimum absolute atomic E-state index is 0.0531. The molecule has 20 heavy (non-hydrogen) atoms. The Kier molecular flexibility index (Phi) is 4.21. The molecule has 1 aromatic heterocycles. The van der Waals surface area contributed by atoms with Crippen LogP contribution in [0.5, 0.6) is 0 Å². The molecule has 2 rings (SSSR count). The van der Waals surface area contributed by atoms with Gasteiger partial charge in [0.15, 0.2) is 0 Å². The highest BCUT2D eigenvalue weighted by Crippen LogP contribution is 2.24. The van der Waals surface area contributed by atoms with Gasteiger partial charge >= 0.3 is 0 Å². The molecule has 0 fully saturated rings. The number of nitriles is 1. The molecule has 4 heteroatoms. The van der Waals surface area contributed by atoms with E-state index >= 15 is 0 Å². The molecule has 0 aliphatic carbocycles. The fourth-order valence-corrected chi connectivity index (χ4v) is 2.35. The van der Waals surface area contributed by atoms with Crippen molar-refractivity contribution in [3.63, 3.8) is 0 Å². The summed E-state index contributed by atoms with van der Waals surface area (Å²) in [7, 11) is 0. The summed E-state index contributed by atoms with van der Waals surface area (Å²) in [4.78, 5) is 4.22. The maximum atomic E-state index is 9.05. The van der Waals surface area contributed by atoms with E-state index in [1.807, 2.05) is 35.9 Å². The highest BCUT2D eigenvalue weighted by Gasteiger charge is 2.15. The van der Waals surface area contributed by atoms with Crippen LogP contribution in [0, 0.1) is 24.2 Å². The van der Waals surface area contributed by atoms with E-state index in [2.05, 4.69) is 24.9 Å². The van der Waals surface area contributed by atoms with E-state index in [9.17, 15) is 0 Å². The van der Waals surface area contributed by atoms with Crippen LogP contribution in [0.1, 0.15) is 43.1 Å². The quantitative estimate of drug-likeness (QED) is 0.926. The molecule has 0 radical (unpaired) electrons. The van der Waals surface area contributed by atoms with Gasteiger partial charge in [0, 0.05) is 6.04 Å². The summed E-state index contributed by atoms with van der Waals surface area (Å²) in [6.07, 6.45) is 4.48. The van der Waals surface area contributed by atoms with E-state index in [1.54, 1.807) is 6.33 Å². The van der Waals surface area contributed by atoms with Crippen molar-refractivity contribution < 1.29 is 0 Å². The zero-order chi connectivity index (χ0) is 14.7. The molecule has 0 spiro atoms. The standard InChI is InChI=1S/C16H20N4/c1-11(2)6-14(18)16-9-19-10-20(16)15-7-13(8-17)5-4-12(15)3/h4-5,7,9-11,14H,6,18H2,1-3H3. The molecular weight excluding hydrogens is 248 g/mol. The number of imidazole rings is 1. The van der Waals surface area contributed by atoms with E-state index in [1.165, 1.54) is 0 Å². The fraction of sp³-hybridized carbons (Fsp3) is 0.375. The van der Waals surface area contributed by atoms with Crippen LogP contribution in [0.25, 0.3) is 5.69 Å². The SMILES string of the molecule is Cc1ccc(C#N)cc1-n1cncc1C(N)CC(C)C. The second-order valence-electron chi connectivity index (χ2n) is 5.54. The van der Waals surface area contributed by atoms with Crippen LogP contribution in [-0.2, 0) is 0 Å². The molecule has 2 N–H and O–H groups in total. The maximum absolute atomic E-state index is 9.05. The lowest BCUT2D eigenvalue weighted by Gasteiger charge is -2.17. The van der Waals surface area contributed by atoms with Gasteiger partial charge in [-0.3, -0.25) is 0 Å². The van der Waals surface area contributed by atoms with Gasteiger partial charge in [0.05, 0.1) is 35.5 Å². The van der Waals surface area contributed by atoms with E-state index in [0.717, 1.165) is 23.4 Å². The molecule has 1 heterocycles. The van der Waals surface area contributed by atoms with E-state index in [4.69, 9.17) is 11.0 Å². The monoisotopic (exact) mass is 268 g/mol. The number of hydrogen-bond donors (Lipinski definition) is 1. The summed E-state index contributed by atoms with van der Waals surface area (Å²) in [6.45, 7) is 6.33. The van der Waals surface area contributed by atoms with Crippen molar-refractivity contribution in [3.05, 3.63) is 47.5 Å². The van der Waals surface area contributed by atoms with Gasteiger partial charge in [0.25, 0.3) is 0 Å². The molecule has 0 amide bonds.